The fourth-order valence-corrected chi connectivity index (χ4v) is 2.36. The Morgan fingerprint density at radius 2 is 1.82 bits per heavy atom. The number of hydrogen-bond donors (Lipinski definition) is 1. The van der Waals surface area contributed by atoms with Gasteiger partial charge in [-0.2, -0.15) is 0 Å². The summed E-state index contributed by atoms with van der Waals surface area (Å²) in [4.78, 5) is 0. The molecule has 1 aromatic rings. The van der Waals surface area contributed by atoms with E-state index in [1.54, 1.807) is 0 Å². The van der Waals surface area contributed by atoms with E-state index >= 15 is 0 Å². The zero-order chi connectivity index (χ0) is 12.3. The predicted molar refractivity (Wildman–Crippen MR) is 72.0 cm³/mol. The Labute approximate surface area is 108 Å². The van der Waals surface area contributed by atoms with Crippen LogP contribution >= 0.6 is 11.6 Å². The number of benzene rings is 1. The van der Waals surface area contributed by atoms with Crippen LogP contribution in [0.25, 0.3) is 0 Å². The van der Waals surface area contributed by atoms with Crippen molar-refractivity contribution in [3.05, 3.63) is 28.3 Å². The number of ether oxygens (including phenoxy) is 1. The molecule has 1 aliphatic heterocycles. The van der Waals surface area contributed by atoms with Crippen molar-refractivity contribution in [1.29, 1.82) is 0 Å². The number of piperidine rings is 1. The SMILES string of the molecule is Cc1cc(OCC2CCNCC2)cc(C)c1Cl. The predicted octanol–water partition coefficient (Wildman–Crippen LogP) is 3.34. The second-order valence-corrected chi connectivity index (χ2v) is 5.25. The van der Waals surface area contributed by atoms with Crippen molar-refractivity contribution in [3.63, 3.8) is 0 Å². The lowest BCUT2D eigenvalue weighted by molar-refractivity contribution is 0.215. The van der Waals surface area contributed by atoms with Gasteiger partial charge in [-0.25, -0.2) is 0 Å². The maximum Gasteiger partial charge on any atom is 0.119 e. The van der Waals surface area contributed by atoms with Crippen molar-refractivity contribution < 1.29 is 4.74 Å². The van der Waals surface area contributed by atoms with Crippen LogP contribution in [0.5, 0.6) is 5.75 Å². The third kappa shape index (κ3) is 3.36. The molecule has 1 fully saturated rings. The molecule has 0 spiro atoms. The van der Waals surface area contributed by atoms with Crippen LogP contribution < -0.4 is 10.1 Å². The van der Waals surface area contributed by atoms with Gasteiger partial charge in [-0.1, -0.05) is 11.6 Å². The quantitative estimate of drug-likeness (QED) is 0.892. The molecule has 1 heterocycles. The molecule has 0 bridgehead atoms. The van der Waals surface area contributed by atoms with Gasteiger partial charge in [0.15, 0.2) is 0 Å². The summed E-state index contributed by atoms with van der Waals surface area (Å²) >= 11 is 6.13. The standard InChI is InChI=1S/C14H20ClNO/c1-10-7-13(8-11(2)14(10)15)17-9-12-3-5-16-6-4-12/h7-8,12,16H,3-6,9H2,1-2H3. The molecule has 3 heteroatoms. The van der Waals surface area contributed by atoms with E-state index in [4.69, 9.17) is 16.3 Å². The van der Waals surface area contributed by atoms with Crippen molar-refractivity contribution in [2.24, 2.45) is 5.92 Å². The first-order valence-electron chi connectivity index (χ1n) is 6.27. The molecule has 94 valence electrons. The van der Waals surface area contributed by atoms with Crippen LogP contribution in [-0.4, -0.2) is 19.7 Å². The molecular formula is C14H20ClNO. The van der Waals surface area contributed by atoms with Gasteiger partial charge in [0.25, 0.3) is 0 Å². The van der Waals surface area contributed by atoms with E-state index in [-0.39, 0.29) is 0 Å². The van der Waals surface area contributed by atoms with Crippen LogP contribution in [-0.2, 0) is 0 Å². The first-order chi connectivity index (χ1) is 8.16. The summed E-state index contributed by atoms with van der Waals surface area (Å²) in [5.74, 6) is 1.63. The van der Waals surface area contributed by atoms with Gasteiger partial charge in [0.05, 0.1) is 6.61 Å². The van der Waals surface area contributed by atoms with E-state index in [1.807, 2.05) is 26.0 Å². The van der Waals surface area contributed by atoms with Gasteiger partial charge >= 0.3 is 0 Å². The first-order valence-corrected chi connectivity index (χ1v) is 6.65. The number of aryl methyl sites for hydroxylation is 2. The highest BCUT2D eigenvalue weighted by Crippen LogP contribution is 2.26. The van der Waals surface area contributed by atoms with Crippen molar-refractivity contribution in [2.45, 2.75) is 26.7 Å². The molecule has 0 aromatic heterocycles. The van der Waals surface area contributed by atoms with E-state index in [2.05, 4.69) is 5.32 Å². The van der Waals surface area contributed by atoms with Gasteiger partial charge < -0.3 is 10.1 Å². The molecule has 0 aliphatic carbocycles. The van der Waals surface area contributed by atoms with E-state index in [1.165, 1.54) is 12.8 Å². The lowest BCUT2D eigenvalue weighted by atomic mass is 9.99. The topological polar surface area (TPSA) is 21.3 Å². The van der Waals surface area contributed by atoms with Crippen molar-refractivity contribution >= 4 is 11.6 Å². The Balaban J connectivity index is 1.94. The van der Waals surface area contributed by atoms with Crippen molar-refractivity contribution in [3.8, 4) is 5.75 Å². The molecule has 0 saturated carbocycles. The monoisotopic (exact) mass is 253 g/mol. The fraction of sp³-hybridized carbons (Fsp3) is 0.571. The van der Waals surface area contributed by atoms with E-state index in [0.29, 0.717) is 5.92 Å². The van der Waals surface area contributed by atoms with Crippen LogP contribution in [0.1, 0.15) is 24.0 Å². The molecule has 1 aliphatic rings. The molecule has 1 N–H and O–H groups in total. The Kier molecular flexibility index (Phi) is 4.30. The summed E-state index contributed by atoms with van der Waals surface area (Å²) in [6, 6.07) is 4.05. The van der Waals surface area contributed by atoms with Crippen LogP contribution in [0, 0.1) is 19.8 Å². The Morgan fingerprint density at radius 1 is 1.24 bits per heavy atom. The van der Waals surface area contributed by atoms with Gasteiger partial charge in [0, 0.05) is 5.02 Å². The molecule has 2 nitrogen and oxygen atoms in total. The number of halogens is 1. The second-order valence-electron chi connectivity index (χ2n) is 4.88. The van der Waals surface area contributed by atoms with Crippen LogP contribution in [0.4, 0.5) is 0 Å². The minimum absolute atomic E-state index is 0.688. The molecule has 1 saturated heterocycles. The van der Waals surface area contributed by atoms with Gasteiger partial charge in [0.2, 0.25) is 0 Å². The number of rotatable bonds is 3. The van der Waals surface area contributed by atoms with Gasteiger partial charge in [0.1, 0.15) is 5.75 Å². The van der Waals surface area contributed by atoms with E-state index in [9.17, 15) is 0 Å². The molecule has 2 rings (SSSR count). The smallest absolute Gasteiger partial charge is 0.119 e. The Bertz CT molecular complexity index is 363. The van der Waals surface area contributed by atoms with E-state index in [0.717, 1.165) is 41.6 Å². The average molecular weight is 254 g/mol. The summed E-state index contributed by atoms with van der Waals surface area (Å²) in [5, 5.41) is 4.21. The van der Waals surface area contributed by atoms with Gasteiger partial charge in [-0.15, -0.1) is 0 Å². The number of nitrogens with one attached hydrogen (secondary N) is 1. The third-order valence-corrected chi connectivity index (χ3v) is 3.95. The summed E-state index contributed by atoms with van der Waals surface area (Å²) in [5.41, 5.74) is 2.18. The normalized spacial score (nSPS) is 17.1. The lowest BCUT2D eigenvalue weighted by Gasteiger charge is -2.22. The summed E-state index contributed by atoms with van der Waals surface area (Å²) in [6.45, 7) is 7.10. The summed E-state index contributed by atoms with van der Waals surface area (Å²) in [7, 11) is 0. The van der Waals surface area contributed by atoms with E-state index < -0.39 is 0 Å². The Hall–Kier alpha value is -0.730. The van der Waals surface area contributed by atoms with Crippen LogP contribution in [0.3, 0.4) is 0 Å². The highest BCUT2D eigenvalue weighted by Gasteiger charge is 2.13. The van der Waals surface area contributed by atoms with Crippen LogP contribution in [0.2, 0.25) is 5.02 Å². The van der Waals surface area contributed by atoms with Gasteiger partial charge in [-0.05, 0) is 69.0 Å². The highest BCUT2D eigenvalue weighted by atomic mass is 35.5. The molecule has 1 aromatic carbocycles. The van der Waals surface area contributed by atoms with Crippen molar-refractivity contribution in [1.82, 2.24) is 5.32 Å². The molecule has 0 radical (unpaired) electrons. The summed E-state index contributed by atoms with van der Waals surface area (Å²) < 4.78 is 5.88. The molecule has 17 heavy (non-hydrogen) atoms. The Morgan fingerprint density at radius 3 is 2.41 bits per heavy atom. The van der Waals surface area contributed by atoms with Gasteiger partial charge in [-0.3, -0.25) is 0 Å². The second kappa shape index (κ2) is 5.74. The average Bonchev–Trinajstić information content (AvgIpc) is 2.34. The fourth-order valence-electron chi connectivity index (χ4n) is 2.25. The van der Waals surface area contributed by atoms with Crippen LogP contribution in [0.15, 0.2) is 12.1 Å². The first kappa shape index (κ1) is 12.7. The highest BCUT2D eigenvalue weighted by molar-refractivity contribution is 6.32. The minimum atomic E-state index is 0.688. The largest absolute Gasteiger partial charge is 0.493 e. The zero-order valence-electron chi connectivity index (χ0n) is 10.6. The molecule has 0 atom stereocenters. The molecular weight excluding hydrogens is 234 g/mol. The molecule has 0 unspecified atom stereocenters. The number of hydrogen-bond acceptors (Lipinski definition) is 2. The minimum Gasteiger partial charge on any atom is -0.493 e. The van der Waals surface area contributed by atoms with Crippen molar-refractivity contribution in [2.75, 3.05) is 19.7 Å². The summed E-state index contributed by atoms with van der Waals surface area (Å²) in [6.07, 6.45) is 2.43. The maximum absolute atomic E-state index is 6.13. The maximum atomic E-state index is 6.13. The zero-order valence-corrected chi connectivity index (χ0v) is 11.3. The third-order valence-electron chi connectivity index (χ3n) is 3.35. The lowest BCUT2D eigenvalue weighted by Crippen LogP contribution is -2.30. The molecule has 0 amide bonds.